The Labute approximate surface area is 221 Å². The van der Waals surface area contributed by atoms with Gasteiger partial charge < -0.3 is 5.32 Å². The fourth-order valence-electron chi connectivity index (χ4n) is 3.68. The lowest BCUT2D eigenvalue weighted by atomic mass is 10.0. The van der Waals surface area contributed by atoms with Crippen molar-refractivity contribution in [2.24, 2.45) is 0 Å². The van der Waals surface area contributed by atoms with Gasteiger partial charge in [-0.15, -0.1) is 17.5 Å². The third kappa shape index (κ3) is 5.18. The normalized spacial score (nSPS) is 14.1. The van der Waals surface area contributed by atoms with Crippen LogP contribution in [0, 0.1) is 10.1 Å². The number of allylic oxidation sites excluding steroid dienone is 1. The molecule has 0 saturated heterocycles. The highest BCUT2D eigenvalue weighted by Gasteiger charge is 2.26. The number of halogens is 3. The number of non-ortho nitro benzene ring substituents is 1. The molecule has 1 aliphatic heterocycles. The number of anilines is 2. The van der Waals surface area contributed by atoms with Crippen molar-refractivity contribution < 1.29 is 9.72 Å². The summed E-state index contributed by atoms with van der Waals surface area (Å²) >= 11 is 12.1. The van der Waals surface area contributed by atoms with Crippen molar-refractivity contribution in [2.75, 3.05) is 10.6 Å². The number of hydrogen-bond acceptors (Lipinski definition) is 6. The van der Waals surface area contributed by atoms with Gasteiger partial charge in [0.25, 0.3) is 17.5 Å². The highest BCUT2D eigenvalue weighted by atomic mass is 35.5. The summed E-state index contributed by atoms with van der Waals surface area (Å²) in [5.74, 6) is -0.106. The van der Waals surface area contributed by atoms with Crippen LogP contribution in [0.1, 0.15) is 27.5 Å². The van der Waals surface area contributed by atoms with Gasteiger partial charge in [0.15, 0.2) is 0 Å². The summed E-state index contributed by atoms with van der Waals surface area (Å²) in [4.78, 5) is 27.6. The minimum absolute atomic E-state index is 0. The number of carbonyl (C=O) groups is 1. The zero-order valence-corrected chi connectivity index (χ0v) is 20.6. The highest BCUT2D eigenvalue weighted by molar-refractivity contribution is 6.30. The van der Waals surface area contributed by atoms with Gasteiger partial charge >= 0.3 is 0 Å². The summed E-state index contributed by atoms with van der Waals surface area (Å²) < 4.78 is 1.64. The molecular formula is C24H17Cl3N6O3. The van der Waals surface area contributed by atoms with Crippen LogP contribution in [-0.4, -0.2) is 25.6 Å². The molecule has 0 radical (unpaired) electrons. The van der Waals surface area contributed by atoms with Crippen LogP contribution in [0.4, 0.5) is 17.6 Å². The number of benzene rings is 3. The van der Waals surface area contributed by atoms with Crippen molar-refractivity contribution in [1.29, 1.82) is 0 Å². The second kappa shape index (κ2) is 10.4. The van der Waals surface area contributed by atoms with Crippen molar-refractivity contribution in [3.05, 3.63) is 116 Å². The molecule has 0 aliphatic carbocycles. The van der Waals surface area contributed by atoms with Gasteiger partial charge in [-0.2, -0.15) is 4.98 Å². The molecule has 1 aromatic heterocycles. The predicted octanol–water partition coefficient (Wildman–Crippen LogP) is 6.22. The van der Waals surface area contributed by atoms with Gasteiger partial charge in [-0.05, 0) is 47.5 Å². The van der Waals surface area contributed by atoms with E-state index < -0.39 is 10.8 Å². The van der Waals surface area contributed by atoms with Crippen LogP contribution in [0.15, 0.2) is 78.9 Å². The number of nitro benzene ring substituents is 1. The average Bonchev–Trinajstić information content (AvgIpc) is 3.27. The first kappa shape index (κ1) is 25.2. The first-order chi connectivity index (χ1) is 16.9. The van der Waals surface area contributed by atoms with Crippen LogP contribution < -0.4 is 10.6 Å². The fourth-order valence-corrected chi connectivity index (χ4v) is 3.93. The average molecular weight is 544 g/mol. The van der Waals surface area contributed by atoms with E-state index in [1.54, 1.807) is 28.9 Å². The van der Waals surface area contributed by atoms with E-state index in [1.807, 2.05) is 30.3 Å². The number of rotatable bonds is 5. The Hall–Kier alpha value is -3.92. The van der Waals surface area contributed by atoms with Gasteiger partial charge in [0, 0.05) is 33.4 Å². The molecule has 5 rings (SSSR count). The molecule has 182 valence electrons. The molecule has 1 unspecified atom stereocenters. The largest absolute Gasteiger partial charge is 0.324 e. The van der Waals surface area contributed by atoms with Crippen LogP contribution in [0.5, 0.6) is 0 Å². The Morgan fingerprint density at radius 1 is 1.03 bits per heavy atom. The predicted molar refractivity (Wildman–Crippen MR) is 141 cm³/mol. The van der Waals surface area contributed by atoms with E-state index in [1.165, 1.54) is 24.3 Å². The van der Waals surface area contributed by atoms with Crippen molar-refractivity contribution in [2.45, 2.75) is 6.04 Å². The van der Waals surface area contributed by atoms with E-state index in [9.17, 15) is 14.9 Å². The summed E-state index contributed by atoms with van der Waals surface area (Å²) in [7, 11) is 0. The number of nitro groups is 1. The molecule has 1 amide bonds. The second-order valence-corrected chi connectivity index (χ2v) is 8.55. The number of nitrogens with one attached hydrogen (secondary N) is 2. The topological polar surface area (TPSA) is 115 Å². The summed E-state index contributed by atoms with van der Waals surface area (Å²) in [6.45, 7) is 0. The summed E-state index contributed by atoms with van der Waals surface area (Å²) in [6.07, 6.45) is 1.99. The number of nitrogens with zero attached hydrogens (tertiary/aromatic N) is 4. The third-order valence-corrected chi connectivity index (χ3v) is 5.88. The van der Waals surface area contributed by atoms with E-state index in [0.29, 0.717) is 16.0 Å². The van der Waals surface area contributed by atoms with E-state index >= 15 is 0 Å². The molecule has 1 atom stereocenters. The molecule has 3 aromatic carbocycles. The molecule has 4 aromatic rings. The summed E-state index contributed by atoms with van der Waals surface area (Å²) in [6, 6.07) is 19.8. The lowest BCUT2D eigenvalue weighted by molar-refractivity contribution is -0.384. The summed E-state index contributed by atoms with van der Waals surface area (Å²) in [5.41, 5.74) is 2.53. The fraction of sp³-hybridized carbons (Fsp3) is 0.0417. The van der Waals surface area contributed by atoms with Crippen LogP contribution in [0.25, 0.3) is 5.70 Å². The molecular weight excluding hydrogens is 527 g/mol. The quantitative estimate of drug-likeness (QED) is 0.228. The van der Waals surface area contributed by atoms with Crippen molar-refractivity contribution in [3.8, 4) is 0 Å². The number of carbonyl (C=O) groups excluding carboxylic acids is 1. The number of aromatic nitrogens is 3. The van der Waals surface area contributed by atoms with Crippen molar-refractivity contribution in [3.63, 3.8) is 0 Å². The van der Waals surface area contributed by atoms with Gasteiger partial charge in [-0.25, -0.2) is 4.68 Å². The van der Waals surface area contributed by atoms with E-state index in [-0.39, 0.29) is 35.6 Å². The molecule has 2 heterocycles. The van der Waals surface area contributed by atoms with Gasteiger partial charge in [0.2, 0.25) is 5.95 Å². The molecule has 2 N–H and O–H groups in total. The van der Waals surface area contributed by atoms with Crippen molar-refractivity contribution in [1.82, 2.24) is 14.8 Å². The smallest absolute Gasteiger partial charge is 0.270 e. The van der Waals surface area contributed by atoms with Gasteiger partial charge in [-0.1, -0.05) is 53.5 Å². The van der Waals surface area contributed by atoms with E-state index in [0.717, 1.165) is 16.8 Å². The lowest BCUT2D eigenvalue weighted by Crippen LogP contribution is -2.20. The monoisotopic (exact) mass is 542 g/mol. The Balaban J connectivity index is 0.00000304. The molecule has 1 aliphatic rings. The first-order valence-electron chi connectivity index (χ1n) is 10.4. The Kier molecular flexibility index (Phi) is 7.25. The number of amides is 1. The van der Waals surface area contributed by atoms with Gasteiger partial charge in [0.1, 0.15) is 6.04 Å². The SMILES string of the molecule is Cl.O=C(Nc1nc2n(n1)C(c1ccc(Cl)cc1)C=C(c1ccc(Cl)cc1)N2)c1cccc([N+](=O)[O-])c1. The van der Waals surface area contributed by atoms with Gasteiger partial charge in [0.05, 0.1) is 4.92 Å². The Morgan fingerprint density at radius 2 is 1.69 bits per heavy atom. The molecule has 0 fully saturated rings. The van der Waals surface area contributed by atoms with Crippen LogP contribution in [0.2, 0.25) is 10.0 Å². The molecule has 0 bridgehead atoms. The molecule has 12 heteroatoms. The first-order valence-corrected chi connectivity index (χ1v) is 11.2. The zero-order chi connectivity index (χ0) is 24.5. The van der Waals surface area contributed by atoms with E-state index in [4.69, 9.17) is 23.2 Å². The Bertz CT molecular complexity index is 1470. The van der Waals surface area contributed by atoms with Crippen LogP contribution in [0.3, 0.4) is 0 Å². The molecule has 0 saturated carbocycles. The minimum Gasteiger partial charge on any atom is -0.324 e. The van der Waals surface area contributed by atoms with Gasteiger partial charge in [-0.3, -0.25) is 20.2 Å². The maximum absolute atomic E-state index is 12.7. The van der Waals surface area contributed by atoms with E-state index in [2.05, 4.69) is 20.7 Å². The molecule has 0 spiro atoms. The van der Waals surface area contributed by atoms with Crippen LogP contribution >= 0.6 is 35.6 Å². The number of hydrogen-bond donors (Lipinski definition) is 2. The van der Waals surface area contributed by atoms with Crippen LogP contribution in [-0.2, 0) is 0 Å². The number of fused-ring (bicyclic) bond motifs is 1. The van der Waals surface area contributed by atoms with Crippen molar-refractivity contribution >= 4 is 64.8 Å². The maximum Gasteiger partial charge on any atom is 0.270 e. The second-order valence-electron chi connectivity index (χ2n) is 7.67. The zero-order valence-electron chi connectivity index (χ0n) is 18.3. The molecule has 36 heavy (non-hydrogen) atoms. The standard InChI is InChI=1S/C24H16Cl2N6O3.ClH/c25-17-8-4-14(5-9-17)20-13-21(15-6-10-18(26)11-7-15)31-24(27-20)29-23(30-31)28-22(33)16-2-1-3-19(12-16)32(34)35;/h1-13,21H,(H2,27,28,29,30,33);1H. The lowest BCUT2D eigenvalue weighted by Gasteiger charge is -2.24. The maximum atomic E-state index is 12.7. The third-order valence-electron chi connectivity index (χ3n) is 5.38. The molecule has 9 nitrogen and oxygen atoms in total. The minimum atomic E-state index is -0.564. The summed E-state index contributed by atoms with van der Waals surface area (Å²) in [5, 5.41) is 22.6. The highest BCUT2D eigenvalue weighted by Crippen LogP contribution is 2.34. The Morgan fingerprint density at radius 3 is 2.36 bits per heavy atom.